The predicted octanol–water partition coefficient (Wildman–Crippen LogP) is 2.83. The number of halogens is 3. The summed E-state index contributed by atoms with van der Waals surface area (Å²) in [6, 6.07) is 1.54. The number of nitrogens with two attached hydrogens (primary N) is 1. The molecule has 27 heavy (non-hydrogen) atoms. The van der Waals surface area contributed by atoms with Gasteiger partial charge < -0.3 is 10.5 Å². The number of hydrogen-bond acceptors (Lipinski definition) is 6. The van der Waals surface area contributed by atoms with Crippen LogP contribution >= 0.6 is 0 Å². The van der Waals surface area contributed by atoms with Crippen LogP contribution in [0.5, 0.6) is 0 Å². The van der Waals surface area contributed by atoms with Crippen molar-refractivity contribution in [3.05, 3.63) is 36.5 Å². The number of nitrogen functional groups attached to an aromatic ring is 1. The van der Waals surface area contributed by atoms with Crippen molar-refractivity contribution in [2.75, 3.05) is 12.3 Å². The molecule has 1 aliphatic rings. The normalized spacial score (nSPS) is 18.0. The lowest BCUT2D eigenvalue weighted by Crippen LogP contribution is -2.18. The van der Waals surface area contributed by atoms with Crippen molar-refractivity contribution in [1.82, 2.24) is 29.5 Å². The van der Waals surface area contributed by atoms with Crippen molar-refractivity contribution in [3.8, 4) is 17.1 Å². The van der Waals surface area contributed by atoms with E-state index in [4.69, 9.17) is 10.5 Å². The number of nitrogens with zero attached hydrogens (tertiary/aromatic N) is 6. The van der Waals surface area contributed by atoms with Gasteiger partial charge in [0.25, 0.3) is 5.95 Å². The lowest BCUT2D eigenvalue weighted by Gasteiger charge is -2.22. The Kier molecular flexibility index (Phi) is 4.30. The van der Waals surface area contributed by atoms with Crippen LogP contribution in [0.2, 0.25) is 0 Å². The highest BCUT2D eigenvalue weighted by Gasteiger charge is 2.40. The first-order chi connectivity index (χ1) is 12.9. The first kappa shape index (κ1) is 17.5. The van der Waals surface area contributed by atoms with E-state index in [-0.39, 0.29) is 29.1 Å². The molecule has 0 bridgehead atoms. The third-order valence-corrected chi connectivity index (χ3v) is 4.27. The monoisotopic (exact) mass is 379 g/mol. The lowest BCUT2D eigenvalue weighted by molar-refractivity contribution is -0.140. The van der Waals surface area contributed by atoms with Crippen LogP contribution < -0.4 is 5.73 Å². The van der Waals surface area contributed by atoms with Crippen LogP contribution in [0.25, 0.3) is 17.1 Å². The van der Waals surface area contributed by atoms with Crippen LogP contribution in [0.3, 0.4) is 0 Å². The van der Waals surface area contributed by atoms with Gasteiger partial charge in [-0.1, -0.05) is 0 Å². The maximum Gasteiger partial charge on any atom is 0.435 e. The molecule has 1 fully saturated rings. The Labute approximate surface area is 151 Å². The Balaban J connectivity index is 1.80. The van der Waals surface area contributed by atoms with Crippen molar-refractivity contribution < 1.29 is 17.9 Å². The van der Waals surface area contributed by atoms with E-state index in [1.165, 1.54) is 29.5 Å². The molecule has 1 saturated heterocycles. The van der Waals surface area contributed by atoms with Crippen molar-refractivity contribution in [2.45, 2.75) is 31.7 Å². The third kappa shape index (κ3) is 3.25. The van der Waals surface area contributed by atoms with Crippen LogP contribution in [0, 0.1) is 0 Å². The van der Waals surface area contributed by atoms with Gasteiger partial charge in [-0.15, -0.1) is 0 Å². The Morgan fingerprint density at radius 2 is 1.96 bits per heavy atom. The minimum absolute atomic E-state index is 0.0465. The summed E-state index contributed by atoms with van der Waals surface area (Å²) in [4.78, 5) is 7.84. The van der Waals surface area contributed by atoms with Gasteiger partial charge in [0.2, 0.25) is 0 Å². The number of hydrogen-bond donors (Lipinski definition) is 1. The molecule has 3 aromatic rings. The Morgan fingerprint density at radius 1 is 1.19 bits per heavy atom. The number of aromatic nitrogens is 6. The highest BCUT2D eigenvalue weighted by molar-refractivity contribution is 5.77. The molecule has 1 atom stereocenters. The van der Waals surface area contributed by atoms with Crippen molar-refractivity contribution >= 4 is 5.82 Å². The second kappa shape index (κ2) is 6.65. The maximum absolute atomic E-state index is 13.6. The fraction of sp³-hybridized carbons (Fsp3) is 0.375. The largest absolute Gasteiger partial charge is 0.435 e. The molecule has 142 valence electrons. The predicted molar refractivity (Wildman–Crippen MR) is 88.6 cm³/mol. The lowest BCUT2D eigenvalue weighted by atomic mass is 10.1. The summed E-state index contributed by atoms with van der Waals surface area (Å²) in [6.07, 6.45) is 3.30. The quantitative estimate of drug-likeness (QED) is 0.752. The molecular formula is C16H16F3N7O. The molecule has 0 radical (unpaired) electrons. The van der Waals surface area contributed by atoms with Crippen LogP contribution in [0.1, 0.15) is 31.2 Å². The molecule has 0 aliphatic carbocycles. The minimum atomic E-state index is -4.70. The first-order valence-electron chi connectivity index (χ1n) is 8.34. The molecule has 0 spiro atoms. The van der Waals surface area contributed by atoms with E-state index in [1.807, 2.05) is 0 Å². The molecule has 8 nitrogen and oxygen atoms in total. The summed E-state index contributed by atoms with van der Waals surface area (Å²) >= 11 is 0. The minimum Gasteiger partial charge on any atom is -0.383 e. The second-order valence-electron chi connectivity index (χ2n) is 6.10. The smallest absolute Gasteiger partial charge is 0.383 e. The van der Waals surface area contributed by atoms with Gasteiger partial charge in [-0.3, -0.25) is 0 Å². The van der Waals surface area contributed by atoms with E-state index in [2.05, 4.69) is 20.2 Å². The van der Waals surface area contributed by atoms with Gasteiger partial charge in [0.15, 0.2) is 5.69 Å². The maximum atomic E-state index is 13.6. The Morgan fingerprint density at radius 3 is 2.63 bits per heavy atom. The van der Waals surface area contributed by atoms with Gasteiger partial charge >= 0.3 is 6.18 Å². The van der Waals surface area contributed by atoms with E-state index in [0.717, 1.165) is 23.9 Å². The molecule has 11 heteroatoms. The average Bonchev–Trinajstić information content (AvgIpc) is 3.27. The molecule has 0 aromatic carbocycles. The zero-order valence-corrected chi connectivity index (χ0v) is 14.1. The summed E-state index contributed by atoms with van der Waals surface area (Å²) in [6.45, 7) is 0.596. The average molecular weight is 379 g/mol. The summed E-state index contributed by atoms with van der Waals surface area (Å²) in [5.74, 6) is -0.257. The third-order valence-electron chi connectivity index (χ3n) is 4.27. The van der Waals surface area contributed by atoms with Crippen LogP contribution in [0.4, 0.5) is 19.0 Å². The van der Waals surface area contributed by atoms with Crippen LogP contribution in [-0.2, 0) is 10.9 Å². The Hall–Kier alpha value is -2.95. The summed E-state index contributed by atoms with van der Waals surface area (Å²) in [5.41, 5.74) is 4.84. The molecule has 0 amide bonds. The van der Waals surface area contributed by atoms with Gasteiger partial charge in [-0.25, -0.2) is 14.6 Å². The molecule has 3 aromatic heterocycles. The molecule has 4 heterocycles. The first-order valence-corrected chi connectivity index (χ1v) is 8.34. The van der Waals surface area contributed by atoms with Gasteiger partial charge in [0.1, 0.15) is 12.0 Å². The fourth-order valence-electron chi connectivity index (χ4n) is 3.02. The molecule has 0 saturated carbocycles. The molecular weight excluding hydrogens is 363 g/mol. The second-order valence-corrected chi connectivity index (χ2v) is 6.10. The van der Waals surface area contributed by atoms with E-state index in [1.54, 1.807) is 6.07 Å². The zero-order chi connectivity index (χ0) is 19.0. The molecule has 1 unspecified atom stereocenters. The summed E-state index contributed by atoms with van der Waals surface area (Å²) < 4.78 is 48.8. The van der Waals surface area contributed by atoms with Gasteiger partial charge in [0, 0.05) is 30.8 Å². The van der Waals surface area contributed by atoms with E-state index in [0.29, 0.717) is 6.61 Å². The van der Waals surface area contributed by atoms with Crippen molar-refractivity contribution in [3.63, 3.8) is 0 Å². The Bertz CT molecular complexity index is 929. The van der Waals surface area contributed by atoms with Gasteiger partial charge in [-0.2, -0.15) is 28.1 Å². The highest BCUT2D eigenvalue weighted by Crippen LogP contribution is 2.40. The SMILES string of the molecule is Nc1c(-c2cnn(C3CCCCO3)c2)c(C(F)(F)F)nn1-c1ncccn1. The highest BCUT2D eigenvalue weighted by atomic mass is 19.4. The van der Waals surface area contributed by atoms with Crippen LogP contribution in [0.15, 0.2) is 30.9 Å². The zero-order valence-electron chi connectivity index (χ0n) is 14.1. The van der Waals surface area contributed by atoms with E-state index >= 15 is 0 Å². The number of rotatable bonds is 3. The van der Waals surface area contributed by atoms with Crippen molar-refractivity contribution in [2.24, 2.45) is 0 Å². The van der Waals surface area contributed by atoms with E-state index in [9.17, 15) is 13.2 Å². The number of anilines is 1. The molecule has 2 N–H and O–H groups in total. The summed E-state index contributed by atoms with van der Waals surface area (Å²) in [5, 5.41) is 7.79. The van der Waals surface area contributed by atoms with E-state index < -0.39 is 11.9 Å². The van der Waals surface area contributed by atoms with Gasteiger partial charge in [0.05, 0.1) is 11.8 Å². The molecule has 4 rings (SSSR count). The molecule has 1 aliphatic heterocycles. The number of alkyl halides is 3. The van der Waals surface area contributed by atoms with Crippen LogP contribution in [-0.4, -0.2) is 36.1 Å². The fourth-order valence-corrected chi connectivity index (χ4v) is 3.02. The van der Waals surface area contributed by atoms with Crippen molar-refractivity contribution in [1.29, 1.82) is 0 Å². The topological polar surface area (TPSA) is 96.7 Å². The standard InChI is InChI=1S/C16H16F3N7O/c17-16(18,19)13-12(14(20)26(24-13)15-21-5-3-6-22-15)10-8-23-25(9-10)11-4-1-2-7-27-11/h3,5-6,8-9,11H,1-2,4,7,20H2. The number of ether oxygens (including phenoxy) is 1. The summed E-state index contributed by atoms with van der Waals surface area (Å²) in [7, 11) is 0. The van der Waals surface area contributed by atoms with Gasteiger partial charge in [-0.05, 0) is 25.3 Å².